The second kappa shape index (κ2) is 11.1. The summed E-state index contributed by atoms with van der Waals surface area (Å²) in [6, 6.07) is 12.7. The topological polar surface area (TPSA) is 94.2 Å². The number of hydrogen-bond donors (Lipinski definition) is 1. The molecule has 0 bridgehead atoms. The number of hydrogen-bond acceptors (Lipinski definition) is 6. The van der Waals surface area contributed by atoms with Crippen molar-refractivity contribution in [2.45, 2.75) is 26.2 Å². The Morgan fingerprint density at radius 1 is 1.12 bits per heavy atom. The smallest absolute Gasteiger partial charge is 0.240 e. The molecule has 0 saturated carbocycles. The zero-order valence-corrected chi connectivity index (χ0v) is 19.3. The van der Waals surface area contributed by atoms with Gasteiger partial charge in [-0.1, -0.05) is 25.1 Å². The molecule has 0 aliphatic carbocycles. The zero-order valence-electron chi connectivity index (χ0n) is 18.5. The fraction of sp³-hybridized carbons (Fsp3) is 0.435. The molecule has 8 nitrogen and oxygen atoms in total. The fourth-order valence-electron chi connectivity index (χ4n) is 3.34. The summed E-state index contributed by atoms with van der Waals surface area (Å²) >= 11 is 0. The number of sulfonamides is 1. The number of fused-ring (bicyclic) bond motifs is 1. The van der Waals surface area contributed by atoms with Crippen LogP contribution in [0.15, 0.2) is 42.5 Å². The summed E-state index contributed by atoms with van der Waals surface area (Å²) in [7, 11) is -3.67. The molecule has 0 atom stereocenters. The first kappa shape index (κ1) is 23.7. The monoisotopic (exact) mass is 462 g/mol. The summed E-state index contributed by atoms with van der Waals surface area (Å²) in [4.78, 5) is 12.5. The van der Waals surface area contributed by atoms with Gasteiger partial charge in [0.15, 0.2) is 11.5 Å². The van der Waals surface area contributed by atoms with Crippen LogP contribution in [-0.4, -0.2) is 53.5 Å². The van der Waals surface area contributed by atoms with Crippen molar-refractivity contribution < 1.29 is 27.4 Å². The van der Waals surface area contributed by atoms with E-state index in [2.05, 4.69) is 12.2 Å². The lowest BCUT2D eigenvalue weighted by Crippen LogP contribution is -2.40. The maximum atomic E-state index is 12.5. The van der Waals surface area contributed by atoms with Gasteiger partial charge in [0, 0.05) is 12.6 Å². The van der Waals surface area contributed by atoms with Gasteiger partial charge in [-0.2, -0.15) is 0 Å². The molecule has 0 unspecified atom stereocenters. The van der Waals surface area contributed by atoms with E-state index >= 15 is 0 Å². The third-order valence-electron chi connectivity index (χ3n) is 4.88. The molecule has 1 aliphatic heterocycles. The van der Waals surface area contributed by atoms with Crippen LogP contribution >= 0.6 is 0 Å². The number of para-hydroxylation sites is 1. The number of nitrogens with one attached hydrogen (secondary N) is 1. The second-order valence-corrected chi connectivity index (χ2v) is 9.41. The molecule has 1 aliphatic rings. The van der Waals surface area contributed by atoms with Gasteiger partial charge in [-0.3, -0.25) is 9.10 Å². The summed E-state index contributed by atoms with van der Waals surface area (Å²) < 4.78 is 42.5. The lowest BCUT2D eigenvalue weighted by Gasteiger charge is -2.24. The largest absolute Gasteiger partial charge is 0.493 e. The quantitative estimate of drug-likeness (QED) is 0.516. The molecule has 1 N–H and O–H groups in total. The Labute approximate surface area is 189 Å². The number of aryl methyl sites for hydroxylation is 1. The molecule has 1 amide bonds. The molecule has 0 saturated heterocycles. The molecule has 0 radical (unpaired) electrons. The Bertz CT molecular complexity index is 1020. The van der Waals surface area contributed by atoms with Crippen LogP contribution in [0.4, 0.5) is 5.69 Å². The van der Waals surface area contributed by atoms with E-state index in [-0.39, 0.29) is 12.5 Å². The van der Waals surface area contributed by atoms with Crippen LogP contribution in [0.2, 0.25) is 0 Å². The molecule has 9 heteroatoms. The summed E-state index contributed by atoms with van der Waals surface area (Å²) in [5.74, 6) is 1.51. The van der Waals surface area contributed by atoms with Crippen molar-refractivity contribution in [1.82, 2.24) is 5.32 Å². The first-order valence-electron chi connectivity index (χ1n) is 10.7. The maximum absolute atomic E-state index is 12.5. The summed E-state index contributed by atoms with van der Waals surface area (Å²) in [5.41, 5.74) is 1.44. The normalized spacial score (nSPS) is 12.8. The van der Waals surface area contributed by atoms with Crippen LogP contribution in [-0.2, 0) is 21.2 Å². The summed E-state index contributed by atoms with van der Waals surface area (Å²) in [5, 5.41) is 2.81. The molecule has 0 aromatic heterocycles. The third kappa shape index (κ3) is 6.53. The highest BCUT2D eigenvalue weighted by molar-refractivity contribution is 7.92. The van der Waals surface area contributed by atoms with Gasteiger partial charge in [0.1, 0.15) is 25.5 Å². The van der Waals surface area contributed by atoms with Gasteiger partial charge in [-0.05, 0) is 43.0 Å². The molecule has 32 heavy (non-hydrogen) atoms. The Morgan fingerprint density at radius 2 is 1.88 bits per heavy atom. The summed E-state index contributed by atoms with van der Waals surface area (Å²) in [6.07, 6.45) is 3.47. The molecule has 3 rings (SSSR count). The minimum atomic E-state index is -3.67. The molecule has 0 spiro atoms. The molecule has 0 fully saturated rings. The number of nitrogens with zero attached hydrogens (tertiary/aromatic N) is 1. The van der Waals surface area contributed by atoms with E-state index in [0.717, 1.165) is 34.7 Å². The third-order valence-corrected chi connectivity index (χ3v) is 6.02. The first-order chi connectivity index (χ1) is 15.4. The van der Waals surface area contributed by atoms with Crippen molar-refractivity contribution in [3.63, 3.8) is 0 Å². The SMILES string of the molecule is CCCOc1ccccc1CCCNC(=O)CN(c1ccc2c(c1)OCCO2)S(C)(=O)=O. The molecular weight excluding hydrogens is 432 g/mol. The van der Waals surface area contributed by atoms with Crippen LogP contribution in [0.5, 0.6) is 17.2 Å². The van der Waals surface area contributed by atoms with E-state index in [1.165, 1.54) is 0 Å². The molecule has 1 heterocycles. The van der Waals surface area contributed by atoms with Gasteiger partial charge in [-0.25, -0.2) is 8.42 Å². The summed E-state index contributed by atoms with van der Waals surface area (Å²) in [6.45, 7) is 3.67. The van der Waals surface area contributed by atoms with Crippen molar-refractivity contribution in [2.75, 3.05) is 43.5 Å². The van der Waals surface area contributed by atoms with Crippen molar-refractivity contribution in [3.8, 4) is 17.2 Å². The van der Waals surface area contributed by atoms with Crippen LogP contribution in [0.25, 0.3) is 0 Å². The minimum absolute atomic E-state index is 0.311. The number of ether oxygens (including phenoxy) is 3. The van der Waals surface area contributed by atoms with Gasteiger partial charge in [0.05, 0.1) is 18.6 Å². The number of carbonyl (C=O) groups excluding carboxylic acids is 1. The molecular formula is C23H30N2O6S. The standard InChI is InChI=1S/C23H30N2O6S/c1-3-13-29-20-9-5-4-7-18(20)8-6-12-24-23(26)17-25(32(2,27)28)19-10-11-21-22(16-19)31-15-14-30-21/h4-5,7,9-11,16H,3,6,8,12-15,17H2,1-2H3,(H,24,26). The number of anilines is 1. The Balaban J connectivity index is 1.56. The van der Waals surface area contributed by atoms with E-state index in [0.29, 0.717) is 50.0 Å². The van der Waals surface area contributed by atoms with Crippen LogP contribution in [0.1, 0.15) is 25.3 Å². The lowest BCUT2D eigenvalue weighted by atomic mass is 10.1. The van der Waals surface area contributed by atoms with E-state index in [4.69, 9.17) is 14.2 Å². The van der Waals surface area contributed by atoms with E-state index in [1.807, 2.05) is 24.3 Å². The van der Waals surface area contributed by atoms with Crippen molar-refractivity contribution in [2.24, 2.45) is 0 Å². The van der Waals surface area contributed by atoms with Gasteiger partial charge in [0.25, 0.3) is 0 Å². The van der Waals surface area contributed by atoms with Crippen molar-refractivity contribution in [1.29, 1.82) is 0 Å². The Hall–Kier alpha value is -2.94. The highest BCUT2D eigenvalue weighted by Gasteiger charge is 2.23. The number of benzene rings is 2. The number of carbonyl (C=O) groups is 1. The minimum Gasteiger partial charge on any atom is -0.493 e. The van der Waals surface area contributed by atoms with Crippen molar-refractivity contribution in [3.05, 3.63) is 48.0 Å². The van der Waals surface area contributed by atoms with Gasteiger partial charge in [-0.15, -0.1) is 0 Å². The Morgan fingerprint density at radius 3 is 2.62 bits per heavy atom. The van der Waals surface area contributed by atoms with Gasteiger partial charge < -0.3 is 19.5 Å². The number of amides is 1. The fourth-order valence-corrected chi connectivity index (χ4v) is 4.19. The maximum Gasteiger partial charge on any atom is 0.240 e. The van der Waals surface area contributed by atoms with E-state index in [1.54, 1.807) is 18.2 Å². The first-order valence-corrected chi connectivity index (χ1v) is 12.6. The Kier molecular flexibility index (Phi) is 8.21. The van der Waals surface area contributed by atoms with Gasteiger partial charge in [0.2, 0.25) is 15.9 Å². The van der Waals surface area contributed by atoms with Crippen LogP contribution in [0, 0.1) is 0 Å². The lowest BCUT2D eigenvalue weighted by molar-refractivity contribution is -0.119. The predicted octanol–water partition coefficient (Wildman–Crippen LogP) is 2.76. The van der Waals surface area contributed by atoms with Gasteiger partial charge >= 0.3 is 0 Å². The van der Waals surface area contributed by atoms with Crippen LogP contribution in [0.3, 0.4) is 0 Å². The highest BCUT2D eigenvalue weighted by Crippen LogP contribution is 2.34. The molecule has 174 valence electrons. The molecule has 2 aromatic carbocycles. The predicted molar refractivity (Wildman–Crippen MR) is 123 cm³/mol. The zero-order chi connectivity index (χ0) is 23.0. The average Bonchev–Trinajstić information content (AvgIpc) is 2.78. The highest BCUT2D eigenvalue weighted by atomic mass is 32.2. The van der Waals surface area contributed by atoms with Crippen molar-refractivity contribution >= 4 is 21.6 Å². The molecule has 2 aromatic rings. The number of rotatable bonds is 11. The average molecular weight is 463 g/mol. The van der Waals surface area contributed by atoms with Crippen LogP contribution < -0.4 is 23.8 Å². The second-order valence-electron chi connectivity index (χ2n) is 7.51. The van der Waals surface area contributed by atoms with E-state index < -0.39 is 10.0 Å². The van der Waals surface area contributed by atoms with E-state index in [9.17, 15) is 13.2 Å².